The van der Waals surface area contributed by atoms with Crippen LogP contribution in [0.3, 0.4) is 0 Å². The molecule has 1 aliphatic heterocycles. The van der Waals surface area contributed by atoms with E-state index in [1.807, 2.05) is 30.5 Å². The van der Waals surface area contributed by atoms with E-state index >= 15 is 0 Å². The van der Waals surface area contributed by atoms with Crippen LogP contribution in [0.4, 0.5) is 0 Å². The fraction of sp³-hybridized carbons (Fsp3) is 0.357. The number of likely N-dealkylation sites (N-methyl/N-ethyl adjacent to an activating group) is 1. The van der Waals surface area contributed by atoms with Gasteiger partial charge in [0, 0.05) is 68.5 Å². The van der Waals surface area contributed by atoms with Gasteiger partial charge in [-0.1, -0.05) is 30.3 Å². The maximum absolute atomic E-state index is 5.57. The monoisotopic (exact) mass is 470 g/mol. The largest absolute Gasteiger partial charge is 0.496 e. The van der Waals surface area contributed by atoms with Gasteiger partial charge in [0.15, 0.2) is 5.65 Å². The molecule has 2 aromatic carbocycles. The number of rotatable bonds is 8. The highest BCUT2D eigenvalue weighted by Crippen LogP contribution is 2.34. The summed E-state index contributed by atoms with van der Waals surface area (Å²) in [7, 11) is 5.97. The molecule has 35 heavy (non-hydrogen) atoms. The van der Waals surface area contributed by atoms with Crippen LogP contribution in [-0.4, -0.2) is 90.4 Å². The average Bonchev–Trinajstić information content (AvgIpc) is 3.31. The van der Waals surface area contributed by atoms with Crippen LogP contribution in [0.5, 0.6) is 5.75 Å². The molecule has 2 aromatic heterocycles. The minimum atomic E-state index is 0.776. The van der Waals surface area contributed by atoms with Crippen molar-refractivity contribution >= 4 is 11.0 Å². The molecule has 0 saturated carbocycles. The molecule has 7 nitrogen and oxygen atoms in total. The molecule has 0 radical (unpaired) electrons. The molecule has 0 amide bonds. The predicted octanol–water partition coefficient (Wildman–Crippen LogP) is 3.98. The number of hydrogen-bond acceptors (Lipinski definition) is 6. The van der Waals surface area contributed by atoms with Gasteiger partial charge in [0.2, 0.25) is 0 Å². The first-order valence-corrected chi connectivity index (χ1v) is 12.3. The lowest BCUT2D eigenvalue weighted by molar-refractivity contribution is 0.120. The number of pyridine rings is 1. The maximum atomic E-state index is 5.57. The van der Waals surface area contributed by atoms with Crippen molar-refractivity contribution in [2.75, 3.05) is 60.5 Å². The number of nitrogens with one attached hydrogen (secondary N) is 1. The molecule has 5 rings (SSSR count). The summed E-state index contributed by atoms with van der Waals surface area (Å²) >= 11 is 0. The van der Waals surface area contributed by atoms with Gasteiger partial charge in [-0.25, -0.2) is 4.98 Å². The molecule has 3 heterocycles. The third kappa shape index (κ3) is 5.37. The number of aromatic nitrogens is 3. The van der Waals surface area contributed by atoms with Gasteiger partial charge in [-0.2, -0.15) is 5.10 Å². The zero-order chi connectivity index (χ0) is 24.2. The molecule has 0 aliphatic carbocycles. The molecule has 182 valence electrons. The normalized spacial score (nSPS) is 15.2. The molecule has 0 spiro atoms. The number of methoxy groups -OCH3 is 1. The number of ether oxygens (including phenoxy) is 1. The van der Waals surface area contributed by atoms with E-state index in [9.17, 15) is 0 Å². The Balaban J connectivity index is 1.33. The highest BCUT2D eigenvalue weighted by molar-refractivity contribution is 5.94. The number of fused-ring (bicyclic) bond motifs is 1. The van der Waals surface area contributed by atoms with Crippen molar-refractivity contribution in [3.8, 4) is 28.1 Å². The van der Waals surface area contributed by atoms with E-state index in [0.717, 1.165) is 79.4 Å². The SMILES string of the molecule is COc1ccccc1-c1n[nH]c2ncc(-c3cccc(CN4CCN(CCN(C)C)CC4)c3)cc12. The molecular formula is C28H34N6O. The standard InChI is InChI=1S/C28H34N6O/c1-32(2)11-12-33-13-15-34(16-14-33)20-21-7-6-8-22(17-21)23-18-25-27(30-31-28(25)29-19-23)24-9-4-5-10-26(24)35-3/h4-10,17-19H,11-16,20H2,1-3H3,(H,29,30,31). The van der Waals surface area contributed by atoms with Gasteiger partial charge in [0.05, 0.1) is 7.11 Å². The van der Waals surface area contributed by atoms with Gasteiger partial charge in [0.25, 0.3) is 0 Å². The van der Waals surface area contributed by atoms with Crippen molar-refractivity contribution in [2.24, 2.45) is 0 Å². The van der Waals surface area contributed by atoms with E-state index in [0.29, 0.717) is 0 Å². The molecule has 1 fully saturated rings. The minimum absolute atomic E-state index is 0.776. The number of nitrogens with zero attached hydrogens (tertiary/aromatic N) is 5. The second-order valence-electron chi connectivity index (χ2n) is 9.51. The summed E-state index contributed by atoms with van der Waals surface area (Å²) in [6.45, 7) is 7.75. The van der Waals surface area contributed by atoms with Gasteiger partial charge in [-0.05, 0) is 49.5 Å². The summed E-state index contributed by atoms with van der Waals surface area (Å²) < 4.78 is 5.57. The average molecular weight is 471 g/mol. The fourth-order valence-electron chi connectivity index (χ4n) is 4.73. The molecule has 1 aliphatic rings. The summed E-state index contributed by atoms with van der Waals surface area (Å²) in [5.74, 6) is 0.801. The number of H-pyrrole nitrogens is 1. The van der Waals surface area contributed by atoms with Gasteiger partial charge >= 0.3 is 0 Å². The van der Waals surface area contributed by atoms with Crippen molar-refractivity contribution in [3.63, 3.8) is 0 Å². The molecule has 4 aromatic rings. The molecular weight excluding hydrogens is 436 g/mol. The van der Waals surface area contributed by atoms with Crippen molar-refractivity contribution in [1.82, 2.24) is 29.9 Å². The van der Waals surface area contributed by atoms with Crippen LogP contribution in [0.2, 0.25) is 0 Å². The molecule has 1 saturated heterocycles. The van der Waals surface area contributed by atoms with Gasteiger partial charge in [-0.15, -0.1) is 0 Å². The van der Waals surface area contributed by atoms with E-state index in [4.69, 9.17) is 4.74 Å². The van der Waals surface area contributed by atoms with Crippen LogP contribution >= 0.6 is 0 Å². The van der Waals surface area contributed by atoms with Crippen LogP contribution in [-0.2, 0) is 6.54 Å². The van der Waals surface area contributed by atoms with Crippen molar-refractivity contribution in [2.45, 2.75) is 6.54 Å². The predicted molar refractivity (Wildman–Crippen MR) is 142 cm³/mol. The van der Waals surface area contributed by atoms with Crippen LogP contribution < -0.4 is 4.74 Å². The summed E-state index contributed by atoms with van der Waals surface area (Å²) in [6.07, 6.45) is 1.93. The Morgan fingerprint density at radius 2 is 1.74 bits per heavy atom. The quantitative estimate of drug-likeness (QED) is 0.420. The Hall–Kier alpha value is -3.26. The number of para-hydroxylation sites is 1. The number of hydrogen-bond donors (Lipinski definition) is 1. The van der Waals surface area contributed by atoms with Crippen LogP contribution in [0.25, 0.3) is 33.4 Å². The second kappa shape index (κ2) is 10.6. The third-order valence-corrected chi connectivity index (χ3v) is 6.77. The van der Waals surface area contributed by atoms with Crippen LogP contribution in [0.15, 0.2) is 60.8 Å². The van der Waals surface area contributed by atoms with Gasteiger partial charge in [-0.3, -0.25) is 14.9 Å². The fourth-order valence-corrected chi connectivity index (χ4v) is 4.73. The number of benzene rings is 2. The first kappa shape index (κ1) is 23.5. The van der Waals surface area contributed by atoms with Gasteiger partial charge < -0.3 is 9.64 Å². The van der Waals surface area contributed by atoms with E-state index < -0.39 is 0 Å². The smallest absolute Gasteiger partial charge is 0.155 e. The summed E-state index contributed by atoms with van der Waals surface area (Å²) in [6, 6.07) is 19.0. The Morgan fingerprint density at radius 1 is 0.943 bits per heavy atom. The van der Waals surface area contributed by atoms with Crippen molar-refractivity contribution in [1.29, 1.82) is 0 Å². The van der Waals surface area contributed by atoms with E-state index in [1.165, 1.54) is 11.1 Å². The number of piperazine rings is 1. The van der Waals surface area contributed by atoms with E-state index in [-0.39, 0.29) is 0 Å². The lowest BCUT2D eigenvalue weighted by Crippen LogP contribution is -2.47. The first-order chi connectivity index (χ1) is 17.1. The zero-order valence-corrected chi connectivity index (χ0v) is 20.9. The minimum Gasteiger partial charge on any atom is -0.496 e. The summed E-state index contributed by atoms with van der Waals surface area (Å²) in [5.41, 5.74) is 6.19. The van der Waals surface area contributed by atoms with Crippen molar-refractivity contribution < 1.29 is 4.74 Å². The zero-order valence-electron chi connectivity index (χ0n) is 20.9. The third-order valence-electron chi connectivity index (χ3n) is 6.77. The Morgan fingerprint density at radius 3 is 2.54 bits per heavy atom. The Kier molecular flexibility index (Phi) is 7.08. The summed E-state index contributed by atoms with van der Waals surface area (Å²) in [5, 5.41) is 8.61. The summed E-state index contributed by atoms with van der Waals surface area (Å²) in [4.78, 5) is 12.0. The van der Waals surface area contributed by atoms with Crippen molar-refractivity contribution in [3.05, 3.63) is 66.4 Å². The molecule has 0 unspecified atom stereocenters. The lowest BCUT2D eigenvalue weighted by atomic mass is 10.0. The van der Waals surface area contributed by atoms with Crippen LogP contribution in [0.1, 0.15) is 5.56 Å². The Bertz CT molecular complexity index is 1280. The van der Waals surface area contributed by atoms with E-state index in [2.05, 4.69) is 74.3 Å². The highest BCUT2D eigenvalue weighted by atomic mass is 16.5. The Labute approximate surface area is 207 Å². The highest BCUT2D eigenvalue weighted by Gasteiger charge is 2.18. The number of aromatic amines is 1. The molecule has 0 atom stereocenters. The maximum Gasteiger partial charge on any atom is 0.155 e. The molecule has 1 N–H and O–H groups in total. The first-order valence-electron chi connectivity index (χ1n) is 12.3. The van der Waals surface area contributed by atoms with Gasteiger partial charge in [0.1, 0.15) is 11.4 Å². The topological polar surface area (TPSA) is 60.5 Å². The van der Waals surface area contributed by atoms with E-state index in [1.54, 1.807) is 7.11 Å². The molecule has 0 bridgehead atoms. The second-order valence-corrected chi connectivity index (χ2v) is 9.51. The molecule has 7 heteroatoms. The van der Waals surface area contributed by atoms with Crippen LogP contribution in [0, 0.1) is 0 Å². The lowest BCUT2D eigenvalue weighted by Gasteiger charge is -2.35.